The summed E-state index contributed by atoms with van der Waals surface area (Å²) < 4.78 is 1.40. The molecule has 0 bridgehead atoms. The van der Waals surface area contributed by atoms with Gasteiger partial charge in [-0.3, -0.25) is 14.0 Å². The molecule has 1 amide bonds. The second-order valence-electron chi connectivity index (χ2n) is 4.11. The first-order valence-corrected chi connectivity index (χ1v) is 6.12. The Morgan fingerprint density at radius 1 is 1.37 bits per heavy atom. The van der Waals surface area contributed by atoms with E-state index in [0.717, 1.165) is 11.3 Å². The van der Waals surface area contributed by atoms with Crippen molar-refractivity contribution in [3.05, 3.63) is 22.5 Å². The molecule has 0 saturated carbocycles. The lowest BCUT2D eigenvalue weighted by molar-refractivity contribution is -0.124. The summed E-state index contributed by atoms with van der Waals surface area (Å²) in [4.78, 5) is 40.3. The molecule has 0 radical (unpaired) electrons. The van der Waals surface area contributed by atoms with Crippen LogP contribution in [0.5, 0.6) is 0 Å². The Hall–Kier alpha value is -2.22. The van der Waals surface area contributed by atoms with Crippen molar-refractivity contribution >= 4 is 34.0 Å². The molecule has 0 saturated heterocycles. The summed E-state index contributed by atoms with van der Waals surface area (Å²) in [5.41, 5.74) is 0.467. The Morgan fingerprint density at radius 2 is 2.00 bits per heavy atom. The zero-order valence-corrected chi connectivity index (χ0v) is 11.3. The average Bonchev–Trinajstić information content (AvgIpc) is 2.88. The highest BCUT2D eigenvalue weighted by molar-refractivity contribution is 7.19. The van der Waals surface area contributed by atoms with Crippen molar-refractivity contribution in [3.63, 3.8) is 0 Å². The summed E-state index contributed by atoms with van der Waals surface area (Å²) in [6, 6.07) is 0. The molecule has 2 aromatic rings. The van der Waals surface area contributed by atoms with E-state index >= 15 is 0 Å². The third kappa shape index (κ3) is 1.99. The number of carboxylic acids is 1. The van der Waals surface area contributed by atoms with E-state index < -0.39 is 17.7 Å². The number of aryl methyl sites for hydroxylation is 1. The second-order valence-corrected chi connectivity index (χ2v) is 5.09. The fourth-order valence-corrected chi connectivity index (χ4v) is 2.61. The number of nitrogens with zero attached hydrogens (tertiary/aromatic N) is 3. The van der Waals surface area contributed by atoms with Crippen molar-refractivity contribution in [3.8, 4) is 0 Å². The summed E-state index contributed by atoms with van der Waals surface area (Å²) in [7, 11) is 2.95. The van der Waals surface area contributed by atoms with E-state index in [4.69, 9.17) is 5.11 Å². The molecule has 0 aliphatic carbocycles. The van der Waals surface area contributed by atoms with Crippen LogP contribution in [0.25, 0.3) is 4.96 Å². The molecule has 0 unspecified atom stereocenters. The molecular formula is C11H11N3O4S. The Kier molecular flexibility index (Phi) is 3.11. The van der Waals surface area contributed by atoms with Gasteiger partial charge < -0.3 is 10.0 Å². The van der Waals surface area contributed by atoms with Crippen LogP contribution in [0, 0.1) is 6.92 Å². The minimum atomic E-state index is -1.08. The van der Waals surface area contributed by atoms with Gasteiger partial charge in [-0.05, 0) is 6.92 Å². The number of amides is 1. The number of aromatic nitrogens is 2. The van der Waals surface area contributed by atoms with Crippen LogP contribution in [-0.4, -0.2) is 51.1 Å². The summed E-state index contributed by atoms with van der Waals surface area (Å²) in [6.07, 6.45) is 1.29. The smallest absolute Gasteiger partial charge is 0.347 e. The highest BCUT2D eigenvalue weighted by atomic mass is 32.1. The lowest BCUT2D eigenvalue weighted by Gasteiger charge is -2.08. The molecular weight excluding hydrogens is 270 g/mol. The number of Topliss-reactive ketones (excluding diaryl/α,β-unsaturated/α-hetero) is 1. The molecule has 0 aliphatic heterocycles. The van der Waals surface area contributed by atoms with Crippen LogP contribution < -0.4 is 0 Å². The van der Waals surface area contributed by atoms with Crippen molar-refractivity contribution in [1.82, 2.24) is 14.3 Å². The SMILES string of the molecule is Cc1c(C(=O)O)sc2ncc(C(=O)C(=O)N(C)C)n12. The van der Waals surface area contributed by atoms with Gasteiger partial charge in [0.05, 0.1) is 6.20 Å². The molecule has 0 spiro atoms. The normalized spacial score (nSPS) is 10.7. The number of rotatable bonds is 3. The molecule has 0 atom stereocenters. The van der Waals surface area contributed by atoms with Gasteiger partial charge in [0.25, 0.3) is 11.7 Å². The first-order chi connectivity index (χ1) is 8.84. The van der Waals surface area contributed by atoms with Gasteiger partial charge in [0.2, 0.25) is 0 Å². The maximum absolute atomic E-state index is 12.0. The molecule has 0 aromatic carbocycles. The predicted molar refractivity (Wildman–Crippen MR) is 67.8 cm³/mol. The molecule has 2 aromatic heterocycles. The monoisotopic (exact) mass is 281 g/mol. The van der Waals surface area contributed by atoms with Gasteiger partial charge >= 0.3 is 5.97 Å². The van der Waals surface area contributed by atoms with E-state index in [2.05, 4.69) is 4.98 Å². The van der Waals surface area contributed by atoms with Crippen molar-refractivity contribution in [2.45, 2.75) is 6.92 Å². The number of hydrogen-bond donors (Lipinski definition) is 1. The van der Waals surface area contributed by atoms with E-state index in [9.17, 15) is 14.4 Å². The number of aromatic carboxylic acids is 1. The van der Waals surface area contributed by atoms with Crippen LogP contribution in [0.3, 0.4) is 0 Å². The van der Waals surface area contributed by atoms with Crippen LogP contribution in [0.15, 0.2) is 6.20 Å². The van der Waals surface area contributed by atoms with Gasteiger partial charge in [0.15, 0.2) is 4.96 Å². The van der Waals surface area contributed by atoms with Gasteiger partial charge in [0.1, 0.15) is 10.6 Å². The molecule has 0 aliphatic rings. The maximum Gasteiger partial charge on any atom is 0.347 e. The number of likely N-dealkylation sites (N-methyl/N-ethyl adjacent to an activating group) is 1. The zero-order valence-electron chi connectivity index (χ0n) is 10.5. The molecule has 2 heterocycles. The van der Waals surface area contributed by atoms with E-state index in [1.165, 1.54) is 29.6 Å². The molecule has 19 heavy (non-hydrogen) atoms. The van der Waals surface area contributed by atoms with Gasteiger partial charge in [-0.2, -0.15) is 0 Å². The van der Waals surface area contributed by atoms with Crippen LogP contribution in [-0.2, 0) is 4.79 Å². The second kappa shape index (κ2) is 4.47. The molecule has 8 heteroatoms. The summed E-state index contributed by atoms with van der Waals surface area (Å²) in [6.45, 7) is 1.57. The van der Waals surface area contributed by atoms with E-state index in [1.54, 1.807) is 6.92 Å². The maximum atomic E-state index is 12.0. The first-order valence-electron chi connectivity index (χ1n) is 5.30. The summed E-state index contributed by atoms with van der Waals surface area (Å²) in [5.74, 6) is -2.47. The highest BCUT2D eigenvalue weighted by Gasteiger charge is 2.25. The van der Waals surface area contributed by atoms with Crippen LogP contribution >= 0.6 is 11.3 Å². The minimum Gasteiger partial charge on any atom is -0.477 e. The number of ketones is 1. The van der Waals surface area contributed by atoms with Crippen LogP contribution in [0.2, 0.25) is 0 Å². The minimum absolute atomic E-state index is 0.0787. The number of carbonyl (C=O) groups is 3. The number of hydrogen-bond acceptors (Lipinski definition) is 5. The van der Waals surface area contributed by atoms with Gasteiger partial charge in [-0.15, -0.1) is 0 Å². The van der Waals surface area contributed by atoms with Gasteiger partial charge in [-0.1, -0.05) is 11.3 Å². The van der Waals surface area contributed by atoms with E-state index in [0.29, 0.717) is 10.7 Å². The number of thiazole rings is 1. The molecule has 100 valence electrons. The fraction of sp³-hybridized carbons (Fsp3) is 0.273. The Bertz CT molecular complexity index is 698. The van der Waals surface area contributed by atoms with Crippen molar-refractivity contribution in [2.75, 3.05) is 14.1 Å². The van der Waals surface area contributed by atoms with Crippen LogP contribution in [0.4, 0.5) is 0 Å². The number of carbonyl (C=O) groups excluding carboxylic acids is 2. The van der Waals surface area contributed by atoms with Crippen molar-refractivity contribution in [1.29, 1.82) is 0 Å². The molecule has 1 N–H and O–H groups in total. The zero-order chi connectivity index (χ0) is 14.3. The molecule has 0 fully saturated rings. The quantitative estimate of drug-likeness (QED) is 0.659. The highest BCUT2D eigenvalue weighted by Crippen LogP contribution is 2.24. The van der Waals surface area contributed by atoms with Crippen LogP contribution in [0.1, 0.15) is 25.9 Å². The third-order valence-electron chi connectivity index (χ3n) is 2.61. The Balaban J connectivity index is 2.60. The summed E-state index contributed by atoms with van der Waals surface area (Å²) >= 11 is 0.966. The first kappa shape index (κ1) is 13.2. The lowest BCUT2D eigenvalue weighted by Crippen LogP contribution is -2.30. The standard InChI is InChI=1S/C11H11N3O4S/c1-5-8(10(17)18)19-11-12-4-6(14(5)11)7(15)9(16)13(2)3/h4H,1-3H3,(H,17,18). The number of imidazole rings is 1. The van der Waals surface area contributed by atoms with Crippen molar-refractivity contribution < 1.29 is 19.5 Å². The number of fused-ring (bicyclic) bond motifs is 1. The van der Waals surface area contributed by atoms with E-state index in [-0.39, 0.29) is 10.6 Å². The molecule has 7 nitrogen and oxygen atoms in total. The summed E-state index contributed by atoms with van der Waals surface area (Å²) in [5, 5.41) is 9.02. The van der Waals surface area contributed by atoms with Gasteiger partial charge in [0, 0.05) is 19.8 Å². The van der Waals surface area contributed by atoms with E-state index in [1.807, 2.05) is 0 Å². The number of carboxylic acid groups (broad SMARTS) is 1. The largest absolute Gasteiger partial charge is 0.477 e. The Labute approximate surface area is 112 Å². The molecule has 2 rings (SSSR count). The third-order valence-corrected chi connectivity index (χ3v) is 3.76. The average molecular weight is 281 g/mol. The fourth-order valence-electron chi connectivity index (χ4n) is 1.67. The lowest BCUT2D eigenvalue weighted by atomic mass is 10.2. The predicted octanol–water partition coefficient (Wildman–Crippen LogP) is 0.673. The van der Waals surface area contributed by atoms with Gasteiger partial charge in [-0.25, -0.2) is 9.78 Å². The topological polar surface area (TPSA) is 92.0 Å². The Morgan fingerprint density at radius 3 is 2.53 bits per heavy atom. The van der Waals surface area contributed by atoms with Crippen molar-refractivity contribution in [2.24, 2.45) is 0 Å².